The number of aromatic nitrogens is 1. The smallest absolute Gasteiger partial charge is 0.327 e. The van der Waals surface area contributed by atoms with Gasteiger partial charge in [-0.25, -0.2) is 4.79 Å². The number of aliphatic carboxylic acids is 1. The molecule has 0 aliphatic rings. The lowest BCUT2D eigenvalue weighted by molar-refractivity contribution is -0.140. The van der Waals surface area contributed by atoms with Gasteiger partial charge in [-0.1, -0.05) is 6.07 Å². The van der Waals surface area contributed by atoms with Gasteiger partial charge in [-0.05, 0) is 29.8 Å². The van der Waals surface area contributed by atoms with Gasteiger partial charge in [0.25, 0.3) is 0 Å². The molecular weight excluding hydrogens is 386 g/mol. The second-order valence-corrected chi connectivity index (χ2v) is 8.69. The largest absolute Gasteiger partial charge is 0.480 e. The summed E-state index contributed by atoms with van der Waals surface area (Å²) in [5.74, 6) is -1.73. The van der Waals surface area contributed by atoms with E-state index < -0.39 is 32.2 Å². The number of rotatable bonds is 8. The summed E-state index contributed by atoms with van der Waals surface area (Å²) in [6.45, 7) is 0. The van der Waals surface area contributed by atoms with Crippen LogP contribution in [0, 0.1) is 0 Å². The highest BCUT2D eigenvalue weighted by Crippen LogP contribution is 2.32. The van der Waals surface area contributed by atoms with E-state index in [1.165, 1.54) is 22.8 Å². The molecule has 11 heteroatoms. The minimum atomic E-state index is -3.96. The van der Waals surface area contributed by atoms with E-state index in [4.69, 9.17) is 8.37 Å². The van der Waals surface area contributed by atoms with E-state index in [-0.39, 0.29) is 17.9 Å². The van der Waals surface area contributed by atoms with Gasteiger partial charge in [0, 0.05) is 18.8 Å². The van der Waals surface area contributed by atoms with Crippen molar-refractivity contribution in [3.05, 3.63) is 48.3 Å². The first-order valence-electron chi connectivity index (χ1n) is 7.22. The third-order valence-electron chi connectivity index (χ3n) is 3.19. The average Bonchev–Trinajstić information content (AvgIpc) is 2.97. The Balaban J connectivity index is 2.40. The van der Waals surface area contributed by atoms with Gasteiger partial charge in [0.05, 0.1) is 12.5 Å². The molecule has 0 amide bonds. The Morgan fingerprint density at radius 1 is 1.04 bits per heavy atom. The van der Waals surface area contributed by atoms with Crippen molar-refractivity contribution in [2.45, 2.75) is 12.5 Å². The Morgan fingerprint density at radius 2 is 1.58 bits per heavy atom. The fraction of sp³-hybridized carbons (Fsp3) is 0.267. The van der Waals surface area contributed by atoms with Crippen LogP contribution in [0.2, 0.25) is 0 Å². The molecule has 1 N–H and O–H groups in total. The van der Waals surface area contributed by atoms with Crippen LogP contribution in [0.5, 0.6) is 11.5 Å². The molecule has 0 saturated heterocycles. The van der Waals surface area contributed by atoms with Crippen molar-refractivity contribution < 1.29 is 35.1 Å². The summed E-state index contributed by atoms with van der Waals surface area (Å²) in [4.78, 5) is 11.5. The Morgan fingerprint density at radius 3 is 2.08 bits per heavy atom. The predicted octanol–water partition coefficient (Wildman–Crippen LogP) is 1.03. The number of hydrogen-bond donors (Lipinski definition) is 1. The SMILES string of the molecule is CS(=O)(=O)Oc1ccc(CC(C(=O)O)n2cccc2)cc1OS(C)(=O)=O. The molecule has 1 unspecified atom stereocenters. The van der Waals surface area contributed by atoms with Gasteiger partial charge in [-0.3, -0.25) is 0 Å². The van der Waals surface area contributed by atoms with Gasteiger partial charge >= 0.3 is 26.2 Å². The third-order valence-corrected chi connectivity index (χ3v) is 4.16. The standard InChI is InChI=1S/C15H17NO8S2/c1-25(19,20)23-13-6-5-11(10-14(13)24-26(2,21)22)9-12(15(17)18)16-7-3-4-8-16/h3-8,10,12H,9H2,1-2H3,(H,17,18). The predicted molar refractivity (Wildman–Crippen MR) is 92.2 cm³/mol. The van der Waals surface area contributed by atoms with Gasteiger partial charge in [-0.15, -0.1) is 0 Å². The number of carboxylic acid groups (broad SMARTS) is 1. The minimum Gasteiger partial charge on any atom is -0.480 e. The monoisotopic (exact) mass is 403 g/mol. The molecule has 1 aromatic heterocycles. The third kappa shape index (κ3) is 5.77. The number of carbonyl (C=O) groups is 1. The molecule has 0 spiro atoms. The molecule has 26 heavy (non-hydrogen) atoms. The van der Waals surface area contributed by atoms with Gasteiger partial charge in [-0.2, -0.15) is 16.8 Å². The van der Waals surface area contributed by atoms with Gasteiger partial charge in [0.1, 0.15) is 6.04 Å². The highest BCUT2D eigenvalue weighted by Gasteiger charge is 2.22. The second kappa shape index (κ2) is 7.38. The quantitative estimate of drug-likeness (QED) is 0.647. The molecule has 0 fully saturated rings. The molecule has 1 atom stereocenters. The lowest BCUT2D eigenvalue weighted by Crippen LogP contribution is -2.20. The molecule has 1 aromatic carbocycles. The Bertz CT molecular complexity index is 994. The van der Waals surface area contributed by atoms with Crippen LogP contribution in [0.1, 0.15) is 11.6 Å². The number of benzene rings is 1. The summed E-state index contributed by atoms with van der Waals surface area (Å²) in [7, 11) is -7.87. The van der Waals surface area contributed by atoms with E-state index in [2.05, 4.69) is 0 Å². The molecule has 0 aliphatic carbocycles. The molecule has 0 radical (unpaired) electrons. The first-order valence-corrected chi connectivity index (χ1v) is 10.8. The lowest BCUT2D eigenvalue weighted by Gasteiger charge is -2.16. The molecule has 0 saturated carbocycles. The van der Waals surface area contributed by atoms with Crippen molar-refractivity contribution in [1.29, 1.82) is 0 Å². The van der Waals surface area contributed by atoms with Crippen LogP contribution in [0.25, 0.3) is 0 Å². The second-order valence-electron chi connectivity index (χ2n) is 5.54. The van der Waals surface area contributed by atoms with Crippen LogP contribution in [-0.4, -0.2) is 45.0 Å². The zero-order valence-corrected chi connectivity index (χ0v) is 15.5. The van der Waals surface area contributed by atoms with Crippen LogP contribution < -0.4 is 8.37 Å². The Hall–Kier alpha value is -2.53. The summed E-state index contributed by atoms with van der Waals surface area (Å²) in [6, 6.07) is 6.31. The summed E-state index contributed by atoms with van der Waals surface area (Å²) >= 11 is 0. The molecule has 142 valence electrons. The van der Waals surface area contributed by atoms with Crippen molar-refractivity contribution in [2.24, 2.45) is 0 Å². The van der Waals surface area contributed by atoms with Crippen molar-refractivity contribution >= 4 is 26.2 Å². The van der Waals surface area contributed by atoms with Gasteiger partial charge < -0.3 is 18.0 Å². The number of nitrogens with zero attached hydrogens (tertiary/aromatic N) is 1. The molecule has 2 aromatic rings. The van der Waals surface area contributed by atoms with Crippen LogP contribution in [-0.2, 0) is 31.5 Å². The minimum absolute atomic E-state index is 0.0172. The summed E-state index contributed by atoms with van der Waals surface area (Å²) in [6.07, 6.45) is 4.80. The number of carboxylic acids is 1. The maximum Gasteiger partial charge on any atom is 0.327 e. The zero-order chi connectivity index (χ0) is 19.5. The zero-order valence-electron chi connectivity index (χ0n) is 13.9. The van der Waals surface area contributed by atoms with Crippen LogP contribution in [0.4, 0.5) is 0 Å². The lowest BCUT2D eigenvalue weighted by atomic mass is 10.1. The summed E-state index contributed by atoms with van der Waals surface area (Å²) in [5, 5.41) is 9.42. The molecule has 9 nitrogen and oxygen atoms in total. The van der Waals surface area contributed by atoms with Crippen LogP contribution >= 0.6 is 0 Å². The fourth-order valence-corrected chi connectivity index (χ4v) is 3.16. The fourth-order valence-electron chi connectivity index (χ4n) is 2.24. The van der Waals surface area contributed by atoms with Crippen molar-refractivity contribution in [3.8, 4) is 11.5 Å². The number of hydrogen-bond acceptors (Lipinski definition) is 7. The van der Waals surface area contributed by atoms with E-state index in [1.54, 1.807) is 24.5 Å². The molecule has 2 rings (SSSR count). The molecule has 0 aliphatic heterocycles. The molecular formula is C15H17NO8S2. The molecule has 0 bridgehead atoms. The van der Waals surface area contributed by atoms with Crippen molar-refractivity contribution in [2.75, 3.05) is 12.5 Å². The van der Waals surface area contributed by atoms with Crippen molar-refractivity contribution in [3.63, 3.8) is 0 Å². The normalized spacial score (nSPS) is 13.2. The van der Waals surface area contributed by atoms with E-state index in [0.717, 1.165) is 12.5 Å². The highest BCUT2D eigenvalue weighted by atomic mass is 32.2. The first kappa shape index (κ1) is 19.8. The van der Waals surface area contributed by atoms with Crippen molar-refractivity contribution in [1.82, 2.24) is 4.57 Å². The topological polar surface area (TPSA) is 129 Å². The van der Waals surface area contributed by atoms with E-state index in [0.29, 0.717) is 5.56 Å². The van der Waals surface area contributed by atoms with Gasteiger partial charge in [0.15, 0.2) is 11.5 Å². The first-order chi connectivity index (χ1) is 11.9. The van der Waals surface area contributed by atoms with E-state index in [9.17, 15) is 26.7 Å². The van der Waals surface area contributed by atoms with Crippen LogP contribution in [0.15, 0.2) is 42.7 Å². The highest BCUT2D eigenvalue weighted by molar-refractivity contribution is 7.86. The maximum atomic E-state index is 11.5. The maximum absolute atomic E-state index is 11.5. The Kier molecular flexibility index (Phi) is 5.62. The van der Waals surface area contributed by atoms with Crippen LogP contribution in [0.3, 0.4) is 0 Å². The summed E-state index contributed by atoms with van der Waals surface area (Å²) < 4.78 is 56.5. The van der Waals surface area contributed by atoms with E-state index in [1.807, 2.05) is 0 Å². The average molecular weight is 403 g/mol. The summed E-state index contributed by atoms with van der Waals surface area (Å²) in [5.41, 5.74) is 0.422. The Labute approximate surface area is 151 Å². The van der Waals surface area contributed by atoms with E-state index >= 15 is 0 Å². The molecule has 1 heterocycles. The van der Waals surface area contributed by atoms with Gasteiger partial charge in [0.2, 0.25) is 0 Å².